The molecule has 0 unspecified atom stereocenters. The van der Waals surface area contributed by atoms with E-state index in [4.69, 9.17) is 5.73 Å². The number of carbonyl (C=O) groups is 2. The first-order chi connectivity index (χ1) is 12.9. The number of pyridine rings is 1. The molecule has 0 spiro atoms. The summed E-state index contributed by atoms with van der Waals surface area (Å²) < 4.78 is 0. The minimum absolute atomic E-state index is 0. The van der Waals surface area contributed by atoms with Gasteiger partial charge in [0.1, 0.15) is 5.54 Å². The van der Waals surface area contributed by atoms with Gasteiger partial charge in [-0.3, -0.25) is 19.5 Å². The Kier molecular flexibility index (Phi) is 9.34. The minimum atomic E-state index is -1.20. The van der Waals surface area contributed by atoms with E-state index in [0.29, 0.717) is 32.1 Å². The first-order valence-electron chi connectivity index (χ1n) is 9.87. The van der Waals surface area contributed by atoms with Crippen LogP contribution in [0.5, 0.6) is 0 Å². The lowest BCUT2D eigenvalue weighted by Crippen LogP contribution is -2.65. The number of rotatable bonds is 6. The first-order valence-corrected chi connectivity index (χ1v) is 9.87. The number of hydrogen-bond donors (Lipinski definition) is 2. The van der Waals surface area contributed by atoms with Gasteiger partial charge in [-0.2, -0.15) is 0 Å². The maximum atomic E-state index is 13.1. The summed E-state index contributed by atoms with van der Waals surface area (Å²) in [6, 6.07) is 4.01. The van der Waals surface area contributed by atoms with Crippen molar-refractivity contribution in [3.05, 3.63) is 24.5 Å². The molecule has 3 rings (SSSR count). The number of ketones is 1. The summed E-state index contributed by atoms with van der Waals surface area (Å²) in [6.45, 7) is 5.29. The van der Waals surface area contributed by atoms with Crippen molar-refractivity contribution >= 4 is 42.3 Å². The monoisotopic (exact) mass is 446 g/mol. The number of carboxylic acid groups (broad SMARTS) is 1. The van der Waals surface area contributed by atoms with Crippen LogP contribution in [0.25, 0.3) is 0 Å². The Morgan fingerprint density at radius 2 is 1.62 bits per heavy atom. The lowest BCUT2D eigenvalue weighted by atomic mass is 9.69. The highest BCUT2D eigenvalue weighted by atomic mass is 35.5. The van der Waals surface area contributed by atoms with Crippen LogP contribution < -0.4 is 10.6 Å². The molecule has 0 bridgehead atoms. The van der Waals surface area contributed by atoms with E-state index < -0.39 is 17.0 Å². The third-order valence-electron chi connectivity index (χ3n) is 6.30. The van der Waals surface area contributed by atoms with Crippen molar-refractivity contribution in [2.75, 3.05) is 31.1 Å². The molecule has 1 saturated carbocycles. The number of Topliss-reactive ketones (excluding diaryl/α,β-unsaturated/α-hetero) is 1. The van der Waals surface area contributed by atoms with E-state index in [1.807, 2.05) is 19.1 Å². The van der Waals surface area contributed by atoms with Gasteiger partial charge in [-0.05, 0) is 44.2 Å². The number of anilines is 1. The molecule has 1 aromatic heterocycles. The Balaban J connectivity index is 0.00000210. The Hall–Kier alpha value is -1.41. The van der Waals surface area contributed by atoms with E-state index in [9.17, 15) is 14.7 Å². The zero-order chi connectivity index (χ0) is 19.5. The number of hydrogen-bond acceptors (Lipinski definition) is 6. The summed E-state index contributed by atoms with van der Waals surface area (Å²) in [5.41, 5.74) is 5.47. The van der Waals surface area contributed by atoms with Gasteiger partial charge < -0.3 is 15.7 Å². The second-order valence-corrected chi connectivity index (χ2v) is 7.85. The second kappa shape index (κ2) is 10.6. The molecule has 9 heteroatoms. The fourth-order valence-corrected chi connectivity index (χ4v) is 4.50. The van der Waals surface area contributed by atoms with Crippen molar-refractivity contribution in [2.24, 2.45) is 5.73 Å². The number of nitrogens with zero attached hydrogens (tertiary/aromatic N) is 3. The predicted molar refractivity (Wildman–Crippen MR) is 118 cm³/mol. The van der Waals surface area contributed by atoms with Gasteiger partial charge >= 0.3 is 5.97 Å². The van der Waals surface area contributed by atoms with E-state index in [0.717, 1.165) is 38.3 Å². The molecule has 3 N–H and O–H groups in total. The van der Waals surface area contributed by atoms with Gasteiger partial charge in [-0.25, -0.2) is 0 Å². The largest absolute Gasteiger partial charge is 0.480 e. The summed E-state index contributed by atoms with van der Waals surface area (Å²) in [6.07, 6.45) is 6.70. The third kappa shape index (κ3) is 5.20. The van der Waals surface area contributed by atoms with Crippen molar-refractivity contribution in [3.8, 4) is 0 Å². The molecule has 1 aliphatic heterocycles. The smallest absolute Gasteiger partial charge is 0.323 e. The number of nitrogens with two attached hydrogens (primary N) is 1. The zero-order valence-electron chi connectivity index (χ0n) is 16.9. The van der Waals surface area contributed by atoms with Gasteiger partial charge in [0.25, 0.3) is 0 Å². The molecule has 1 saturated heterocycles. The minimum Gasteiger partial charge on any atom is -0.480 e. The van der Waals surface area contributed by atoms with Crippen LogP contribution in [0.3, 0.4) is 0 Å². The van der Waals surface area contributed by atoms with Crippen molar-refractivity contribution in [2.45, 2.75) is 56.5 Å². The van der Waals surface area contributed by atoms with Crippen LogP contribution in [0.15, 0.2) is 24.5 Å². The standard InChI is InChI=1S/C20H30N4O3.2ClH/c1-2-3-17(25)20(8-6-19(21,7-9-20)18(26)27)24-14-12-23(13-15-24)16-4-10-22-11-5-16;;/h4-5,10-11H,2-3,6-9,12-15,21H2,1H3,(H,26,27);2*1H/t19-,20+;;. The van der Waals surface area contributed by atoms with Gasteiger partial charge in [0.05, 0.1) is 5.54 Å². The number of carboxylic acids is 1. The van der Waals surface area contributed by atoms with E-state index in [1.54, 1.807) is 12.4 Å². The topological polar surface area (TPSA) is 99.8 Å². The fourth-order valence-electron chi connectivity index (χ4n) is 4.50. The molecule has 2 heterocycles. The molecule has 1 aromatic rings. The van der Waals surface area contributed by atoms with Crippen molar-refractivity contribution in [1.82, 2.24) is 9.88 Å². The number of aromatic nitrogens is 1. The van der Waals surface area contributed by atoms with Gasteiger partial charge in [-0.15, -0.1) is 24.8 Å². The molecule has 164 valence electrons. The van der Waals surface area contributed by atoms with Crippen LogP contribution in [0.2, 0.25) is 0 Å². The molecular weight excluding hydrogens is 415 g/mol. The quantitative estimate of drug-likeness (QED) is 0.691. The SMILES string of the molecule is CCCC(=O)[C@]1(N2CCN(c3ccncc3)CC2)CC[C@](N)(C(=O)O)CC1.Cl.Cl. The highest BCUT2D eigenvalue weighted by Gasteiger charge is 2.51. The Labute approximate surface area is 184 Å². The highest BCUT2D eigenvalue weighted by Crippen LogP contribution is 2.40. The fraction of sp³-hybridized carbons (Fsp3) is 0.650. The molecule has 0 atom stereocenters. The molecule has 0 radical (unpaired) electrons. The van der Waals surface area contributed by atoms with E-state index in [1.165, 1.54) is 0 Å². The van der Waals surface area contributed by atoms with Gasteiger partial charge in [0, 0.05) is 50.7 Å². The maximum absolute atomic E-state index is 13.1. The highest BCUT2D eigenvalue weighted by molar-refractivity contribution is 5.89. The van der Waals surface area contributed by atoms with Crippen LogP contribution in [-0.4, -0.2) is 64.0 Å². The maximum Gasteiger partial charge on any atom is 0.323 e. The number of carbonyl (C=O) groups excluding carboxylic acids is 1. The number of aliphatic carboxylic acids is 1. The molecule has 29 heavy (non-hydrogen) atoms. The van der Waals surface area contributed by atoms with Gasteiger partial charge in [0.15, 0.2) is 5.78 Å². The Bertz CT molecular complexity index is 674. The Morgan fingerprint density at radius 1 is 1.07 bits per heavy atom. The molecule has 2 fully saturated rings. The summed E-state index contributed by atoms with van der Waals surface area (Å²) in [7, 11) is 0. The van der Waals surface area contributed by atoms with Crippen LogP contribution >= 0.6 is 24.8 Å². The van der Waals surface area contributed by atoms with E-state index in [2.05, 4.69) is 14.8 Å². The van der Waals surface area contributed by atoms with Crippen LogP contribution in [0.1, 0.15) is 45.4 Å². The van der Waals surface area contributed by atoms with Gasteiger partial charge in [-0.1, -0.05) is 6.92 Å². The molecule has 0 aromatic carbocycles. The summed E-state index contributed by atoms with van der Waals surface area (Å²) in [5, 5.41) is 9.45. The van der Waals surface area contributed by atoms with Crippen molar-refractivity contribution in [1.29, 1.82) is 0 Å². The third-order valence-corrected chi connectivity index (χ3v) is 6.30. The van der Waals surface area contributed by atoms with Gasteiger partial charge in [0.2, 0.25) is 0 Å². The normalized spacial score (nSPS) is 27.4. The first kappa shape index (κ1) is 25.6. The predicted octanol–water partition coefficient (Wildman–Crippen LogP) is 2.51. The van der Waals surface area contributed by atoms with Crippen LogP contribution in [-0.2, 0) is 9.59 Å². The molecule has 7 nitrogen and oxygen atoms in total. The molecular formula is C20H32Cl2N4O3. The van der Waals surface area contributed by atoms with Crippen LogP contribution in [0.4, 0.5) is 5.69 Å². The Morgan fingerprint density at radius 3 is 2.10 bits per heavy atom. The lowest BCUT2D eigenvalue weighted by Gasteiger charge is -2.51. The molecule has 2 aliphatic rings. The average molecular weight is 447 g/mol. The summed E-state index contributed by atoms with van der Waals surface area (Å²) >= 11 is 0. The van der Waals surface area contributed by atoms with Crippen molar-refractivity contribution < 1.29 is 14.7 Å². The second-order valence-electron chi connectivity index (χ2n) is 7.85. The molecule has 0 amide bonds. The van der Waals surface area contributed by atoms with E-state index >= 15 is 0 Å². The summed E-state index contributed by atoms with van der Waals surface area (Å²) in [4.78, 5) is 33.3. The summed E-state index contributed by atoms with van der Waals surface area (Å²) in [5.74, 6) is -0.712. The van der Waals surface area contributed by atoms with Crippen molar-refractivity contribution in [3.63, 3.8) is 0 Å². The van der Waals surface area contributed by atoms with Crippen LogP contribution in [0, 0.1) is 0 Å². The average Bonchev–Trinajstić information content (AvgIpc) is 2.70. The molecule has 1 aliphatic carbocycles. The van der Waals surface area contributed by atoms with E-state index in [-0.39, 0.29) is 30.6 Å². The number of halogens is 2. The lowest BCUT2D eigenvalue weighted by molar-refractivity contribution is -0.149. The number of piperazine rings is 1. The zero-order valence-corrected chi connectivity index (χ0v) is 18.5.